The van der Waals surface area contributed by atoms with Crippen molar-refractivity contribution in [3.8, 4) is 5.75 Å². The van der Waals surface area contributed by atoms with Crippen LogP contribution in [0.25, 0.3) is 0 Å². The molecule has 3 N–H and O–H groups in total. The summed E-state index contributed by atoms with van der Waals surface area (Å²) >= 11 is 0. The van der Waals surface area contributed by atoms with Gasteiger partial charge >= 0.3 is 6.18 Å². The third-order valence-corrected chi connectivity index (χ3v) is 3.72. The molecule has 0 saturated carbocycles. The molecule has 7 heteroatoms. The summed E-state index contributed by atoms with van der Waals surface area (Å²) in [5.74, 6) is -0.784. The van der Waals surface area contributed by atoms with Crippen LogP contribution in [0, 0.1) is 5.41 Å². The maximum absolute atomic E-state index is 12.7. The van der Waals surface area contributed by atoms with Crippen molar-refractivity contribution in [2.24, 2.45) is 5.41 Å². The van der Waals surface area contributed by atoms with E-state index in [0.717, 1.165) is 31.2 Å². The standard InChI is InChI=1S/C14H17F3N2O2/c1-13(5-2-6-18-8-13)12(21)19-10-7-9(14(15,16)17)3-4-11(10)20/h3-4,7,18,20H,2,5-6,8H2,1H3,(H,19,21). The van der Waals surface area contributed by atoms with E-state index in [2.05, 4.69) is 10.6 Å². The van der Waals surface area contributed by atoms with Crippen LogP contribution in [-0.2, 0) is 11.0 Å². The van der Waals surface area contributed by atoms with E-state index in [0.29, 0.717) is 13.0 Å². The Morgan fingerprint density at radius 1 is 1.43 bits per heavy atom. The third-order valence-electron chi connectivity index (χ3n) is 3.72. The Hall–Kier alpha value is -1.76. The number of carbonyl (C=O) groups excluding carboxylic acids is 1. The van der Waals surface area contributed by atoms with Crippen LogP contribution in [-0.4, -0.2) is 24.1 Å². The number of hydrogen-bond acceptors (Lipinski definition) is 3. The number of anilines is 1. The second-order valence-corrected chi connectivity index (χ2v) is 5.52. The first kappa shape index (κ1) is 15.6. The quantitative estimate of drug-likeness (QED) is 0.736. The van der Waals surface area contributed by atoms with Crippen molar-refractivity contribution in [2.75, 3.05) is 18.4 Å². The van der Waals surface area contributed by atoms with Crippen LogP contribution in [0.4, 0.5) is 18.9 Å². The summed E-state index contributed by atoms with van der Waals surface area (Å²) < 4.78 is 38.0. The highest BCUT2D eigenvalue weighted by molar-refractivity contribution is 5.96. The Morgan fingerprint density at radius 3 is 2.71 bits per heavy atom. The normalized spacial score (nSPS) is 22.9. The topological polar surface area (TPSA) is 61.4 Å². The van der Waals surface area contributed by atoms with E-state index >= 15 is 0 Å². The molecular weight excluding hydrogens is 285 g/mol. The van der Waals surface area contributed by atoms with Crippen LogP contribution in [0.2, 0.25) is 0 Å². The fraction of sp³-hybridized carbons (Fsp3) is 0.500. The SMILES string of the molecule is CC1(C(=O)Nc2cc(C(F)(F)F)ccc2O)CCCNC1. The Bertz CT molecular complexity index is 538. The van der Waals surface area contributed by atoms with Gasteiger partial charge in [0.2, 0.25) is 5.91 Å². The minimum absolute atomic E-state index is 0.221. The van der Waals surface area contributed by atoms with Crippen molar-refractivity contribution >= 4 is 11.6 Å². The van der Waals surface area contributed by atoms with Crippen molar-refractivity contribution in [2.45, 2.75) is 25.9 Å². The van der Waals surface area contributed by atoms with Gasteiger partial charge in [0.1, 0.15) is 5.75 Å². The van der Waals surface area contributed by atoms with Crippen molar-refractivity contribution in [1.29, 1.82) is 0 Å². The zero-order chi connectivity index (χ0) is 15.7. The lowest BCUT2D eigenvalue weighted by Crippen LogP contribution is -2.46. The van der Waals surface area contributed by atoms with E-state index in [-0.39, 0.29) is 11.4 Å². The fourth-order valence-corrected chi connectivity index (χ4v) is 2.34. The molecule has 1 amide bonds. The number of carbonyl (C=O) groups is 1. The average Bonchev–Trinajstić information content (AvgIpc) is 2.40. The van der Waals surface area contributed by atoms with E-state index in [4.69, 9.17) is 0 Å². The summed E-state index contributed by atoms with van der Waals surface area (Å²) in [4.78, 5) is 12.3. The van der Waals surface area contributed by atoms with Gasteiger partial charge in [-0.05, 0) is 44.5 Å². The van der Waals surface area contributed by atoms with Gasteiger partial charge in [-0.1, -0.05) is 0 Å². The number of amides is 1. The monoisotopic (exact) mass is 302 g/mol. The smallest absolute Gasteiger partial charge is 0.416 e. The lowest BCUT2D eigenvalue weighted by Gasteiger charge is -2.32. The number of hydrogen-bond donors (Lipinski definition) is 3. The summed E-state index contributed by atoms with van der Waals surface area (Å²) in [6.07, 6.45) is -3.06. The predicted octanol–water partition coefficient (Wildman–Crippen LogP) is 2.74. The van der Waals surface area contributed by atoms with Gasteiger partial charge in [0.25, 0.3) is 0 Å². The summed E-state index contributed by atoms with van der Waals surface area (Å²) in [5, 5.41) is 15.1. The zero-order valence-corrected chi connectivity index (χ0v) is 11.5. The van der Waals surface area contributed by atoms with Gasteiger partial charge in [-0.2, -0.15) is 13.2 Å². The maximum Gasteiger partial charge on any atom is 0.416 e. The van der Waals surface area contributed by atoms with Gasteiger partial charge in [-0.3, -0.25) is 4.79 Å². The van der Waals surface area contributed by atoms with E-state index < -0.39 is 23.1 Å². The maximum atomic E-state index is 12.7. The number of nitrogens with one attached hydrogen (secondary N) is 2. The van der Waals surface area contributed by atoms with Crippen LogP contribution >= 0.6 is 0 Å². The molecule has 4 nitrogen and oxygen atoms in total. The molecule has 1 aromatic rings. The van der Waals surface area contributed by atoms with Gasteiger partial charge < -0.3 is 15.7 Å². The molecule has 1 heterocycles. The molecule has 1 aliphatic heterocycles. The van der Waals surface area contributed by atoms with Crippen molar-refractivity contribution in [1.82, 2.24) is 5.32 Å². The molecule has 1 aliphatic rings. The van der Waals surface area contributed by atoms with Gasteiger partial charge in [-0.15, -0.1) is 0 Å². The first-order valence-electron chi connectivity index (χ1n) is 6.65. The number of benzene rings is 1. The summed E-state index contributed by atoms with van der Waals surface area (Å²) in [6, 6.07) is 2.45. The Morgan fingerprint density at radius 2 is 2.14 bits per heavy atom. The number of piperidine rings is 1. The van der Waals surface area contributed by atoms with Gasteiger partial charge in [0.15, 0.2) is 0 Å². The highest BCUT2D eigenvalue weighted by Gasteiger charge is 2.36. The first-order valence-corrected chi connectivity index (χ1v) is 6.65. The highest BCUT2D eigenvalue weighted by Crippen LogP contribution is 2.35. The van der Waals surface area contributed by atoms with Crippen LogP contribution in [0.3, 0.4) is 0 Å². The third kappa shape index (κ3) is 3.47. The number of rotatable bonds is 2. The molecule has 1 fully saturated rings. The Labute approximate surface area is 120 Å². The highest BCUT2D eigenvalue weighted by atomic mass is 19.4. The molecule has 1 atom stereocenters. The molecule has 0 radical (unpaired) electrons. The lowest BCUT2D eigenvalue weighted by molar-refractivity contribution is -0.137. The minimum atomic E-state index is -4.52. The van der Waals surface area contributed by atoms with Crippen LogP contribution in [0.15, 0.2) is 18.2 Å². The van der Waals surface area contributed by atoms with Crippen LogP contribution in [0.5, 0.6) is 5.75 Å². The van der Waals surface area contributed by atoms with Crippen LogP contribution < -0.4 is 10.6 Å². The van der Waals surface area contributed by atoms with Gasteiger partial charge in [-0.25, -0.2) is 0 Å². The number of aromatic hydroxyl groups is 1. The molecule has 2 rings (SSSR count). The van der Waals surface area contributed by atoms with E-state index in [1.54, 1.807) is 6.92 Å². The summed E-state index contributed by atoms with van der Waals surface area (Å²) in [7, 11) is 0. The lowest BCUT2D eigenvalue weighted by atomic mass is 9.82. The number of phenols is 1. The van der Waals surface area contributed by atoms with Crippen molar-refractivity contribution < 1.29 is 23.1 Å². The fourth-order valence-electron chi connectivity index (χ4n) is 2.34. The Kier molecular flexibility index (Phi) is 4.13. The summed E-state index contributed by atoms with van der Waals surface area (Å²) in [6.45, 7) is 3.02. The minimum Gasteiger partial charge on any atom is -0.506 e. The number of alkyl halides is 3. The Balaban J connectivity index is 2.20. The molecule has 0 spiro atoms. The predicted molar refractivity (Wildman–Crippen MR) is 71.9 cm³/mol. The molecule has 1 aromatic carbocycles. The number of phenolic OH excluding ortho intramolecular Hbond substituents is 1. The molecule has 21 heavy (non-hydrogen) atoms. The molecule has 0 aromatic heterocycles. The van der Waals surface area contributed by atoms with E-state index in [9.17, 15) is 23.1 Å². The first-order chi connectivity index (χ1) is 9.72. The van der Waals surface area contributed by atoms with Gasteiger partial charge in [0.05, 0.1) is 16.7 Å². The largest absolute Gasteiger partial charge is 0.506 e. The molecule has 1 unspecified atom stereocenters. The van der Waals surface area contributed by atoms with Crippen LogP contribution in [0.1, 0.15) is 25.3 Å². The average molecular weight is 302 g/mol. The molecule has 116 valence electrons. The molecular formula is C14H17F3N2O2. The van der Waals surface area contributed by atoms with Crippen molar-refractivity contribution in [3.63, 3.8) is 0 Å². The second-order valence-electron chi connectivity index (χ2n) is 5.52. The van der Waals surface area contributed by atoms with E-state index in [1.165, 1.54) is 0 Å². The summed E-state index contributed by atoms with van der Waals surface area (Å²) in [5.41, 5.74) is -1.83. The zero-order valence-electron chi connectivity index (χ0n) is 11.5. The molecule has 1 saturated heterocycles. The molecule has 0 aliphatic carbocycles. The van der Waals surface area contributed by atoms with E-state index in [1.807, 2.05) is 0 Å². The second kappa shape index (κ2) is 5.55. The van der Waals surface area contributed by atoms with Crippen molar-refractivity contribution in [3.05, 3.63) is 23.8 Å². The van der Waals surface area contributed by atoms with Gasteiger partial charge in [0, 0.05) is 6.54 Å². The number of halogens is 3. The molecule has 0 bridgehead atoms.